The number of hydrogen-bond donors (Lipinski definition) is 0. The van der Waals surface area contributed by atoms with E-state index in [4.69, 9.17) is 9.47 Å². The lowest BCUT2D eigenvalue weighted by molar-refractivity contribution is 0.0526. The van der Waals surface area contributed by atoms with Gasteiger partial charge >= 0.3 is 5.97 Å². The van der Waals surface area contributed by atoms with E-state index in [1.807, 2.05) is 72.3 Å². The van der Waals surface area contributed by atoms with Gasteiger partial charge in [-0.25, -0.2) is 4.79 Å². The number of benzene rings is 3. The molecule has 0 aliphatic heterocycles. The quantitative estimate of drug-likeness (QED) is 0.380. The fourth-order valence-electron chi connectivity index (χ4n) is 3.60. The first-order valence-electron chi connectivity index (χ1n) is 10.2. The van der Waals surface area contributed by atoms with Gasteiger partial charge in [0.1, 0.15) is 11.8 Å². The molecule has 5 nitrogen and oxygen atoms in total. The highest BCUT2D eigenvalue weighted by atomic mass is 16.5. The Kier molecular flexibility index (Phi) is 5.72. The Hall–Kier alpha value is -4.04. The molecule has 0 aliphatic carbocycles. The number of carbonyl (C=O) groups excluding carboxylic acids is 1. The standard InChI is InChI=1S/C26H22N2O3/c1-3-30-23-12-7-18(8-13-23)20-9-14-25-24(15-20)21(16-27)17-28(25)22-10-5-19(6-11-22)26(29)31-4-2/h5-15,17H,3-4H2,1-2H3. The molecule has 4 rings (SSSR count). The molecule has 0 atom stereocenters. The number of hydrogen-bond acceptors (Lipinski definition) is 4. The fourth-order valence-corrected chi connectivity index (χ4v) is 3.60. The zero-order valence-corrected chi connectivity index (χ0v) is 17.5. The van der Waals surface area contributed by atoms with Crippen LogP contribution < -0.4 is 4.74 Å². The normalized spacial score (nSPS) is 10.6. The van der Waals surface area contributed by atoms with Gasteiger partial charge in [0.2, 0.25) is 0 Å². The van der Waals surface area contributed by atoms with Crippen molar-refractivity contribution in [2.24, 2.45) is 0 Å². The molecule has 0 radical (unpaired) electrons. The summed E-state index contributed by atoms with van der Waals surface area (Å²) in [6.07, 6.45) is 1.83. The van der Waals surface area contributed by atoms with Gasteiger partial charge in [-0.2, -0.15) is 5.26 Å². The number of carbonyl (C=O) groups is 1. The van der Waals surface area contributed by atoms with Gasteiger partial charge in [0, 0.05) is 17.3 Å². The first kappa shape index (κ1) is 20.2. The molecule has 0 N–H and O–H groups in total. The second-order valence-electron chi connectivity index (χ2n) is 6.98. The van der Waals surface area contributed by atoms with E-state index < -0.39 is 0 Å². The molecule has 5 heteroatoms. The molecule has 0 spiro atoms. The monoisotopic (exact) mass is 410 g/mol. The van der Waals surface area contributed by atoms with Gasteiger partial charge < -0.3 is 14.0 Å². The van der Waals surface area contributed by atoms with E-state index in [1.165, 1.54) is 0 Å². The minimum absolute atomic E-state index is 0.338. The highest BCUT2D eigenvalue weighted by molar-refractivity contribution is 5.92. The minimum Gasteiger partial charge on any atom is -0.494 e. The lowest BCUT2D eigenvalue weighted by Crippen LogP contribution is -2.04. The van der Waals surface area contributed by atoms with Gasteiger partial charge in [0.05, 0.1) is 29.9 Å². The second-order valence-corrected chi connectivity index (χ2v) is 6.98. The summed E-state index contributed by atoms with van der Waals surface area (Å²) in [6, 6.07) is 23.5. The molecular weight excluding hydrogens is 388 g/mol. The summed E-state index contributed by atoms with van der Waals surface area (Å²) >= 11 is 0. The number of rotatable bonds is 6. The molecule has 0 amide bonds. The van der Waals surface area contributed by atoms with Crippen LogP contribution in [0, 0.1) is 11.3 Å². The highest BCUT2D eigenvalue weighted by Gasteiger charge is 2.13. The van der Waals surface area contributed by atoms with Crippen molar-refractivity contribution in [3.63, 3.8) is 0 Å². The maximum absolute atomic E-state index is 11.9. The Bertz CT molecular complexity index is 1260. The maximum atomic E-state index is 11.9. The molecule has 0 saturated carbocycles. The van der Waals surface area contributed by atoms with Crippen LogP contribution in [0.15, 0.2) is 72.9 Å². The topological polar surface area (TPSA) is 64.2 Å². The van der Waals surface area contributed by atoms with Gasteiger partial charge in [-0.15, -0.1) is 0 Å². The van der Waals surface area contributed by atoms with Crippen molar-refractivity contribution in [2.45, 2.75) is 13.8 Å². The second kappa shape index (κ2) is 8.76. The van der Waals surface area contributed by atoms with E-state index in [9.17, 15) is 10.1 Å². The first-order valence-corrected chi connectivity index (χ1v) is 10.2. The summed E-state index contributed by atoms with van der Waals surface area (Å²) < 4.78 is 12.5. The number of esters is 1. The number of ether oxygens (including phenoxy) is 2. The smallest absolute Gasteiger partial charge is 0.338 e. The van der Waals surface area contributed by atoms with Crippen molar-refractivity contribution >= 4 is 16.9 Å². The van der Waals surface area contributed by atoms with Crippen LogP contribution in [0.4, 0.5) is 0 Å². The Morgan fingerprint density at radius 3 is 2.29 bits per heavy atom. The maximum Gasteiger partial charge on any atom is 0.338 e. The number of aromatic nitrogens is 1. The van der Waals surface area contributed by atoms with Crippen LogP contribution in [0.25, 0.3) is 27.7 Å². The highest BCUT2D eigenvalue weighted by Crippen LogP contribution is 2.30. The van der Waals surface area contributed by atoms with Crippen molar-refractivity contribution < 1.29 is 14.3 Å². The third-order valence-corrected chi connectivity index (χ3v) is 5.08. The predicted molar refractivity (Wildman–Crippen MR) is 121 cm³/mol. The van der Waals surface area contributed by atoms with E-state index in [1.54, 1.807) is 19.1 Å². The number of fused-ring (bicyclic) bond motifs is 1. The average molecular weight is 410 g/mol. The summed E-state index contributed by atoms with van der Waals surface area (Å²) in [4.78, 5) is 11.9. The molecular formula is C26H22N2O3. The van der Waals surface area contributed by atoms with Crippen LogP contribution in [0.1, 0.15) is 29.8 Å². The zero-order valence-electron chi connectivity index (χ0n) is 17.5. The van der Waals surface area contributed by atoms with Crippen LogP contribution in [-0.2, 0) is 4.74 Å². The van der Waals surface area contributed by atoms with Crippen LogP contribution in [-0.4, -0.2) is 23.8 Å². The summed E-state index contributed by atoms with van der Waals surface area (Å²) in [6.45, 7) is 4.71. The van der Waals surface area contributed by atoms with E-state index in [-0.39, 0.29) is 5.97 Å². The molecule has 31 heavy (non-hydrogen) atoms. The SMILES string of the molecule is CCOC(=O)c1ccc(-n2cc(C#N)c3cc(-c4ccc(OCC)cc4)ccc32)cc1. The third kappa shape index (κ3) is 4.01. The lowest BCUT2D eigenvalue weighted by atomic mass is 10.0. The van der Waals surface area contributed by atoms with Crippen molar-refractivity contribution in [1.82, 2.24) is 4.57 Å². The van der Waals surface area contributed by atoms with Crippen molar-refractivity contribution in [3.05, 3.63) is 84.1 Å². The van der Waals surface area contributed by atoms with E-state index in [0.717, 1.165) is 33.5 Å². The van der Waals surface area contributed by atoms with Gasteiger partial charge in [-0.05, 0) is 73.5 Å². The van der Waals surface area contributed by atoms with Gasteiger partial charge in [-0.3, -0.25) is 0 Å². The Morgan fingerprint density at radius 2 is 1.65 bits per heavy atom. The lowest BCUT2D eigenvalue weighted by Gasteiger charge is -2.08. The summed E-state index contributed by atoms with van der Waals surface area (Å²) in [7, 11) is 0. The van der Waals surface area contributed by atoms with Crippen molar-refractivity contribution in [1.29, 1.82) is 5.26 Å². The molecule has 1 heterocycles. The summed E-state index contributed by atoms with van der Waals surface area (Å²) in [5.74, 6) is 0.492. The van der Waals surface area contributed by atoms with Crippen LogP contribution >= 0.6 is 0 Å². The predicted octanol–water partition coefficient (Wildman–Crippen LogP) is 5.74. The van der Waals surface area contributed by atoms with E-state index in [2.05, 4.69) is 6.07 Å². The molecule has 4 aromatic rings. The van der Waals surface area contributed by atoms with Crippen molar-refractivity contribution in [3.8, 4) is 28.6 Å². The van der Waals surface area contributed by atoms with E-state index in [0.29, 0.717) is 24.3 Å². The molecule has 154 valence electrons. The minimum atomic E-state index is -0.343. The Labute approximate surface area is 181 Å². The largest absolute Gasteiger partial charge is 0.494 e. The molecule has 0 unspecified atom stereocenters. The molecule has 0 saturated heterocycles. The number of nitrogens with zero attached hydrogens (tertiary/aromatic N) is 2. The first-order chi connectivity index (χ1) is 15.1. The zero-order chi connectivity index (χ0) is 21.8. The van der Waals surface area contributed by atoms with Crippen LogP contribution in [0.3, 0.4) is 0 Å². The molecule has 1 aromatic heterocycles. The molecule has 3 aromatic carbocycles. The third-order valence-electron chi connectivity index (χ3n) is 5.08. The van der Waals surface area contributed by atoms with Gasteiger partial charge in [-0.1, -0.05) is 18.2 Å². The average Bonchev–Trinajstić information content (AvgIpc) is 3.18. The van der Waals surface area contributed by atoms with Gasteiger partial charge in [0.15, 0.2) is 0 Å². The Balaban J connectivity index is 1.72. The summed E-state index contributed by atoms with van der Waals surface area (Å²) in [5, 5.41) is 10.6. The Morgan fingerprint density at radius 1 is 0.935 bits per heavy atom. The number of nitriles is 1. The van der Waals surface area contributed by atoms with Crippen molar-refractivity contribution in [2.75, 3.05) is 13.2 Å². The molecule has 0 aliphatic rings. The molecule has 0 fully saturated rings. The molecule has 0 bridgehead atoms. The van der Waals surface area contributed by atoms with Crippen LogP contribution in [0.2, 0.25) is 0 Å². The fraction of sp³-hybridized carbons (Fsp3) is 0.154. The van der Waals surface area contributed by atoms with Gasteiger partial charge in [0.25, 0.3) is 0 Å². The van der Waals surface area contributed by atoms with E-state index >= 15 is 0 Å². The summed E-state index contributed by atoms with van der Waals surface area (Å²) in [5.41, 5.74) is 4.98. The van der Waals surface area contributed by atoms with Crippen LogP contribution in [0.5, 0.6) is 5.75 Å².